The van der Waals surface area contributed by atoms with Crippen LogP contribution in [0.5, 0.6) is 11.5 Å². The van der Waals surface area contributed by atoms with E-state index < -0.39 is 0 Å². The topological polar surface area (TPSA) is 35.5 Å². The van der Waals surface area contributed by atoms with E-state index in [2.05, 4.69) is 0 Å². The third-order valence-corrected chi connectivity index (χ3v) is 3.94. The maximum atomic E-state index is 11.0. The Balaban J connectivity index is 1.74. The van der Waals surface area contributed by atoms with Crippen molar-refractivity contribution in [3.05, 3.63) is 59.7 Å². The molecular formula is C19H20O3. The third kappa shape index (κ3) is 3.67. The molecule has 2 aromatic rings. The van der Waals surface area contributed by atoms with Gasteiger partial charge in [-0.25, -0.2) is 0 Å². The highest BCUT2D eigenvalue weighted by Gasteiger charge is 2.18. The van der Waals surface area contributed by atoms with Gasteiger partial charge < -0.3 is 9.47 Å². The van der Waals surface area contributed by atoms with E-state index in [0.29, 0.717) is 23.7 Å². The zero-order valence-electron chi connectivity index (χ0n) is 12.5. The summed E-state index contributed by atoms with van der Waals surface area (Å²) in [4.78, 5) is 11.0. The number of carbonyl (C=O) groups excluding carboxylic acids is 1. The highest BCUT2D eigenvalue weighted by atomic mass is 16.5. The Morgan fingerprint density at radius 1 is 1.00 bits per heavy atom. The van der Waals surface area contributed by atoms with E-state index in [9.17, 15) is 4.79 Å². The zero-order chi connectivity index (χ0) is 15.2. The summed E-state index contributed by atoms with van der Waals surface area (Å²) < 4.78 is 11.9. The fraction of sp³-hybridized carbons (Fsp3) is 0.316. The summed E-state index contributed by atoms with van der Waals surface area (Å²) in [5, 5.41) is 0. The van der Waals surface area contributed by atoms with Gasteiger partial charge in [0.25, 0.3) is 0 Å². The van der Waals surface area contributed by atoms with E-state index in [-0.39, 0.29) is 6.10 Å². The minimum absolute atomic E-state index is 0.237. The van der Waals surface area contributed by atoms with Gasteiger partial charge in [-0.15, -0.1) is 0 Å². The summed E-state index contributed by atoms with van der Waals surface area (Å²) in [6.45, 7) is 0.488. The Hall–Kier alpha value is -2.29. The lowest BCUT2D eigenvalue weighted by Gasteiger charge is -2.17. The molecule has 3 heteroatoms. The van der Waals surface area contributed by atoms with Crippen LogP contribution in [-0.4, -0.2) is 12.4 Å². The summed E-state index contributed by atoms with van der Waals surface area (Å²) >= 11 is 0. The minimum Gasteiger partial charge on any atom is -0.487 e. The SMILES string of the molecule is O=Cc1ccc(OCc2ccccc2)c(OC2CCCC2)c1. The van der Waals surface area contributed by atoms with Crippen LogP contribution in [0.2, 0.25) is 0 Å². The fourth-order valence-electron chi connectivity index (χ4n) is 2.73. The quantitative estimate of drug-likeness (QED) is 0.741. The summed E-state index contributed by atoms with van der Waals surface area (Å²) in [5.74, 6) is 1.37. The Kier molecular flexibility index (Phi) is 4.74. The smallest absolute Gasteiger partial charge is 0.162 e. The molecule has 1 fully saturated rings. The molecule has 1 saturated carbocycles. The second-order valence-electron chi connectivity index (χ2n) is 5.62. The molecule has 3 nitrogen and oxygen atoms in total. The molecule has 0 spiro atoms. The van der Waals surface area contributed by atoms with E-state index in [0.717, 1.165) is 24.7 Å². The molecule has 0 atom stereocenters. The molecule has 0 bridgehead atoms. The van der Waals surface area contributed by atoms with Crippen LogP contribution < -0.4 is 9.47 Å². The number of aldehydes is 1. The maximum absolute atomic E-state index is 11.0. The van der Waals surface area contributed by atoms with Gasteiger partial charge in [-0.05, 0) is 49.4 Å². The van der Waals surface area contributed by atoms with Gasteiger partial charge >= 0.3 is 0 Å². The molecule has 1 aliphatic rings. The molecule has 0 saturated heterocycles. The normalized spacial score (nSPS) is 14.7. The first-order chi connectivity index (χ1) is 10.8. The molecular weight excluding hydrogens is 276 g/mol. The molecule has 114 valence electrons. The third-order valence-electron chi connectivity index (χ3n) is 3.94. The molecule has 22 heavy (non-hydrogen) atoms. The largest absolute Gasteiger partial charge is 0.487 e. The van der Waals surface area contributed by atoms with Crippen LogP contribution in [0.4, 0.5) is 0 Å². The number of hydrogen-bond acceptors (Lipinski definition) is 3. The zero-order valence-corrected chi connectivity index (χ0v) is 12.5. The average molecular weight is 296 g/mol. The van der Waals surface area contributed by atoms with Gasteiger partial charge in [-0.1, -0.05) is 30.3 Å². The molecule has 0 radical (unpaired) electrons. The van der Waals surface area contributed by atoms with E-state index >= 15 is 0 Å². The second-order valence-corrected chi connectivity index (χ2v) is 5.62. The van der Waals surface area contributed by atoms with Crippen molar-refractivity contribution in [2.45, 2.75) is 38.4 Å². The monoisotopic (exact) mass is 296 g/mol. The average Bonchev–Trinajstić information content (AvgIpc) is 3.07. The van der Waals surface area contributed by atoms with Crippen molar-refractivity contribution >= 4 is 6.29 Å². The first-order valence-corrected chi connectivity index (χ1v) is 7.78. The van der Waals surface area contributed by atoms with E-state index in [1.54, 1.807) is 12.1 Å². The van der Waals surface area contributed by atoms with Gasteiger partial charge in [0.05, 0.1) is 6.10 Å². The first kappa shape index (κ1) is 14.6. The van der Waals surface area contributed by atoms with Gasteiger partial charge in [-0.2, -0.15) is 0 Å². The van der Waals surface area contributed by atoms with Crippen LogP contribution in [0, 0.1) is 0 Å². The minimum atomic E-state index is 0.237. The lowest BCUT2D eigenvalue weighted by atomic mass is 10.2. The Morgan fingerprint density at radius 3 is 2.50 bits per heavy atom. The molecule has 1 aliphatic carbocycles. The Morgan fingerprint density at radius 2 is 1.77 bits per heavy atom. The molecule has 0 aromatic heterocycles. The van der Waals surface area contributed by atoms with Crippen LogP contribution in [0.1, 0.15) is 41.6 Å². The Bertz CT molecular complexity index is 616. The van der Waals surface area contributed by atoms with E-state index in [4.69, 9.17) is 9.47 Å². The van der Waals surface area contributed by atoms with Crippen molar-refractivity contribution < 1.29 is 14.3 Å². The molecule has 3 rings (SSSR count). The molecule has 0 unspecified atom stereocenters. The summed E-state index contributed by atoms with van der Waals surface area (Å²) in [6.07, 6.45) is 5.63. The van der Waals surface area contributed by atoms with Crippen molar-refractivity contribution in [1.29, 1.82) is 0 Å². The van der Waals surface area contributed by atoms with Crippen molar-refractivity contribution in [3.8, 4) is 11.5 Å². The van der Waals surface area contributed by atoms with Crippen molar-refractivity contribution in [1.82, 2.24) is 0 Å². The molecule has 0 heterocycles. The standard InChI is InChI=1S/C19H20O3/c20-13-16-10-11-18(21-14-15-6-2-1-3-7-15)19(12-16)22-17-8-4-5-9-17/h1-3,6-7,10-13,17H,4-5,8-9,14H2. The fourth-order valence-corrected chi connectivity index (χ4v) is 2.73. The van der Waals surface area contributed by atoms with Crippen molar-refractivity contribution in [3.63, 3.8) is 0 Å². The van der Waals surface area contributed by atoms with Crippen LogP contribution in [-0.2, 0) is 6.61 Å². The second kappa shape index (κ2) is 7.12. The molecule has 0 aliphatic heterocycles. The maximum Gasteiger partial charge on any atom is 0.162 e. The number of carbonyl (C=O) groups is 1. The lowest BCUT2D eigenvalue weighted by Crippen LogP contribution is -2.12. The Labute approximate surface area is 130 Å². The lowest BCUT2D eigenvalue weighted by molar-refractivity contribution is 0.112. The summed E-state index contributed by atoms with van der Waals surface area (Å²) in [7, 11) is 0. The predicted molar refractivity (Wildman–Crippen MR) is 85.5 cm³/mol. The van der Waals surface area contributed by atoms with Crippen LogP contribution in [0.15, 0.2) is 48.5 Å². The molecule has 0 amide bonds. The number of benzene rings is 2. The highest BCUT2D eigenvalue weighted by Crippen LogP contribution is 2.32. The molecule has 2 aromatic carbocycles. The van der Waals surface area contributed by atoms with Crippen molar-refractivity contribution in [2.24, 2.45) is 0 Å². The summed E-state index contributed by atoms with van der Waals surface area (Å²) in [5.41, 5.74) is 1.72. The summed E-state index contributed by atoms with van der Waals surface area (Å²) in [6, 6.07) is 15.4. The molecule has 0 N–H and O–H groups in total. The van der Waals surface area contributed by atoms with E-state index in [1.807, 2.05) is 36.4 Å². The van der Waals surface area contributed by atoms with Crippen LogP contribution in [0.25, 0.3) is 0 Å². The first-order valence-electron chi connectivity index (χ1n) is 7.78. The predicted octanol–water partition coefficient (Wildman–Crippen LogP) is 4.40. The van der Waals surface area contributed by atoms with Gasteiger partial charge in [-0.3, -0.25) is 4.79 Å². The van der Waals surface area contributed by atoms with Gasteiger partial charge in [0.15, 0.2) is 11.5 Å². The highest BCUT2D eigenvalue weighted by molar-refractivity contribution is 5.76. The van der Waals surface area contributed by atoms with Gasteiger partial charge in [0.2, 0.25) is 0 Å². The van der Waals surface area contributed by atoms with Gasteiger partial charge in [0, 0.05) is 5.56 Å². The van der Waals surface area contributed by atoms with E-state index in [1.165, 1.54) is 12.8 Å². The number of hydrogen-bond donors (Lipinski definition) is 0. The number of rotatable bonds is 6. The number of ether oxygens (including phenoxy) is 2. The van der Waals surface area contributed by atoms with Crippen LogP contribution >= 0.6 is 0 Å². The van der Waals surface area contributed by atoms with Crippen molar-refractivity contribution in [2.75, 3.05) is 0 Å². The van der Waals surface area contributed by atoms with Crippen LogP contribution in [0.3, 0.4) is 0 Å². The van der Waals surface area contributed by atoms with Gasteiger partial charge in [0.1, 0.15) is 12.9 Å².